The van der Waals surface area contributed by atoms with Crippen LogP contribution in [0.25, 0.3) is 11.3 Å². The molecular formula is C22H22N4O2. The van der Waals surface area contributed by atoms with Crippen LogP contribution in [-0.4, -0.2) is 36.3 Å². The number of benzene rings is 2. The first-order valence-electron chi connectivity index (χ1n) is 9.38. The number of aromatic nitrogens is 2. The first kappa shape index (κ1) is 18.0. The molecule has 1 amide bonds. The second-order valence-electron chi connectivity index (χ2n) is 6.71. The van der Waals surface area contributed by atoms with Crippen LogP contribution in [0, 0.1) is 0 Å². The maximum atomic E-state index is 12.6. The quantitative estimate of drug-likeness (QED) is 0.731. The molecule has 0 unspecified atom stereocenters. The smallest absolute Gasteiger partial charge is 0.259 e. The molecule has 0 saturated carbocycles. The summed E-state index contributed by atoms with van der Waals surface area (Å²) in [5.41, 5.74) is 2.86. The molecule has 2 heterocycles. The number of para-hydroxylation sites is 1. The van der Waals surface area contributed by atoms with Crippen LogP contribution >= 0.6 is 0 Å². The summed E-state index contributed by atoms with van der Waals surface area (Å²) in [5.74, 6) is 1.24. The number of nitrogens with one attached hydrogen (secondary N) is 1. The Morgan fingerprint density at radius 3 is 2.57 bits per heavy atom. The number of amides is 1. The Labute approximate surface area is 164 Å². The summed E-state index contributed by atoms with van der Waals surface area (Å²) in [6, 6.07) is 18.7. The molecule has 28 heavy (non-hydrogen) atoms. The standard InChI is InChI=1S/C22H22N4O2/c1-28-20-10-3-2-9-18(20)22(27)23-17-8-6-7-16(15-17)19-11-12-21(25-24-19)26-13-4-5-14-26/h2-3,6-12,15H,4-5,13-14H2,1H3,(H,23,27). The van der Waals surface area contributed by atoms with Crippen molar-refractivity contribution in [2.45, 2.75) is 12.8 Å². The fourth-order valence-electron chi connectivity index (χ4n) is 3.38. The Balaban J connectivity index is 1.52. The van der Waals surface area contributed by atoms with Crippen molar-refractivity contribution in [1.29, 1.82) is 0 Å². The number of carbonyl (C=O) groups excluding carboxylic acids is 1. The summed E-state index contributed by atoms with van der Waals surface area (Å²) in [6.45, 7) is 2.08. The van der Waals surface area contributed by atoms with Crippen molar-refractivity contribution in [3.63, 3.8) is 0 Å². The van der Waals surface area contributed by atoms with E-state index in [-0.39, 0.29) is 5.91 Å². The van der Waals surface area contributed by atoms with E-state index < -0.39 is 0 Å². The van der Waals surface area contributed by atoms with E-state index in [0.29, 0.717) is 17.0 Å². The van der Waals surface area contributed by atoms with Gasteiger partial charge in [0.15, 0.2) is 5.82 Å². The van der Waals surface area contributed by atoms with Crippen LogP contribution in [0.4, 0.5) is 11.5 Å². The average molecular weight is 374 g/mol. The summed E-state index contributed by atoms with van der Waals surface area (Å²) in [4.78, 5) is 14.9. The maximum absolute atomic E-state index is 12.6. The van der Waals surface area contributed by atoms with Gasteiger partial charge in [-0.05, 0) is 49.2 Å². The largest absolute Gasteiger partial charge is 0.496 e. The zero-order valence-electron chi connectivity index (χ0n) is 15.8. The van der Waals surface area contributed by atoms with E-state index in [0.717, 1.165) is 30.2 Å². The molecule has 0 bridgehead atoms. The van der Waals surface area contributed by atoms with Gasteiger partial charge >= 0.3 is 0 Å². The minimum Gasteiger partial charge on any atom is -0.496 e. The molecule has 0 radical (unpaired) electrons. The van der Waals surface area contributed by atoms with Crippen molar-refractivity contribution in [1.82, 2.24) is 10.2 Å². The molecule has 6 heteroatoms. The normalized spacial score (nSPS) is 13.4. The van der Waals surface area contributed by atoms with Gasteiger partial charge in [0.1, 0.15) is 5.75 Å². The topological polar surface area (TPSA) is 67.3 Å². The highest BCUT2D eigenvalue weighted by atomic mass is 16.5. The molecule has 142 valence electrons. The molecule has 4 rings (SSSR count). The molecule has 1 aliphatic heterocycles. The number of carbonyl (C=O) groups is 1. The lowest BCUT2D eigenvalue weighted by atomic mass is 10.1. The number of hydrogen-bond donors (Lipinski definition) is 1. The highest BCUT2D eigenvalue weighted by molar-refractivity contribution is 6.06. The molecule has 0 aliphatic carbocycles. The lowest BCUT2D eigenvalue weighted by Gasteiger charge is -2.15. The van der Waals surface area contributed by atoms with E-state index in [1.165, 1.54) is 12.8 Å². The first-order valence-corrected chi connectivity index (χ1v) is 9.38. The number of hydrogen-bond acceptors (Lipinski definition) is 5. The molecule has 1 aromatic heterocycles. The zero-order chi connectivity index (χ0) is 19.3. The average Bonchev–Trinajstić information content (AvgIpc) is 3.29. The van der Waals surface area contributed by atoms with Gasteiger partial charge < -0.3 is 15.0 Å². The number of rotatable bonds is 5. The highest BCUT2D eigenvalue weighted by Gasteiger charge is 2.15. The molecule has 3 aromatic rings. The van der Waals surface area contributed by atoms with Crippen molar-refractivity contribution in [2.75, 3.05) is 30.4 Å². The van der Waals surface area contributed by atoms with Crippen molar-refractivity contribution in [3.05, 3.63) is 66.2 Å². The summed E-state index contributed by atoms with van der Waals surface area (Å²) < 4.78 is 5.27. The molecule has 6 nitrogen and oxygen atoms in total. The van der Waals surface area contributed by atoms with Gasteiger partial charge in [-0.3, -0.25) is 4.79 Å². The predicted octanol–water partition coefficient (Wildman–Crippen LogP) is 4.00. The lowest BCUT2D eigenvalue weighted by molar-refractivity contribution is 0.102. The SMILES string of the molecule is COc1ccccc1C(=O)Nc1cccc(-c2ccc(N3CCCC3)nn2)c1. The van der Waals surface area contributed by atoms with Crippen LogP contribution in [0.1, 0.15) is 23.2 Å². The van der Waals surface area contributed by atoms with E-state index in [1.54, 1.807) is 19.2 Å². The molecule has 0 atom stereocenters. The van der Waals surface area contributed by atoms with Crippen LogP contribution in [0.5, 0.6) is 5.75 Å². The van der Waals surface area contributed by atoms with Gasteiger partial charge in [0, 0.05) is 24.3 Å². The molecular weight excluding hydrogens is 352 g/mol. The Hall–Kier alpha value is -3.41. The van der Waals surface area contributed by atoms with Gasteiger partial charge in [0.05, 0.1) is 18.4 Å². The number of nitrogens with zero attached hydrogens (tertiary/aromatic N) is 3. The van der Waals surface area contributed by atoms with E-state index in [9.17, 15) is 4.79 Å². The number of anilines is 2. The Bertz CT molecular complexity index is 966. The van der Waals surface area contributed by atoms with Crippen molar-refractivity contribution in [2.24, 2.45) is 0 Å². The zero-order valence-corrected chi connectivity index (χ0v) is 15.8. The van der Waals surface area contributed by atoms with Gasteiger partial charge in [0.2, 0.25) is 0 Å². The third-order valence-electron chi connectivity index (χ3n) is 4.85. The minimum atomic E-state index is -0.218. The second kappa shape index (κ2) is 8.08. The summed E-state index contributed by atoms with van der Waals surface area (Å²) in [6.07, 6.45) is 2.41. The van der Waals surface area contributed by atoms with Crippen molar-refractivity contribution < 1.29 is 9.53 Å². The fraction of sp³-hybridized carbons (Fsp3) is 0.227. The van der Waals surface area contributed by atoms with Crippen molar-refractivity contribution >= 4 is 17.4 Å². The van der Waals surface area contributed by atoms with Crippen molar-refractivity contribution in [3.8, 4) is 17.0 Å². The monoisotopic (exact) mass is 374 g/mol. The molecule has 1 saturated heterocycles. The molecule has 0 spiro atoms. The van der Waals surface area contributed by atoms with E-state index in [4.69, 9.17) is 4.74 Å². The lowest BCUT2D eigenvalue weighted by Crippen LogP contribution is -2.19. The van der Waals surface area contributed by atoms with Gasteiger partial charge in [0.25, 0.3) is 5.91 Å². The van der Waals surface area contributed by atoms with Crippen LogP contribution < -0.4 is 15.0 Å². The number of ether oxygens (including phenoxy) is 1. The maximum Gasteiger partial charge on any atom is 0.259 e. The number of methoxy groups -OCH3 is 1. The highest BCUT2D eigenvalue weighted by Crippen LogP contribution is 2.24. The van der Waals surface area contributed by atoms with Gasteiger partial charge in [-0.2, -0.15) is 0 Å². The van der Waals surface area contributed by atoms with Crippen LogP contribution in [0.3, 0.4) is 0 Å². The van der Waals surface area contributed by atoms with E-state index in [2.05, 4.69) is 20.4 Å². The van der Waals surface area contributed by atoms with Gasteiger partial charge in [-0.1, -0.05) is 24.3 Å². The van der Waals surface area contributed by atoms with E-state index in [1.807, 2.05) is 48.5 Å². The molecule has 1 fully saturated rings. The molecule has 1 aliphatic rings. The molecule has 1 N–H and O–H groups in total. The predicted molar refractivity (Wildman–Crippen MR) is 110 cm³/mol. The summed E-state index contributed by atoms with van der Waals surface area (Å²) >= 11 is 0. The Kier molecular flexibility index (Phi) is 5.19. The van der Waals surface area contributed by atoms with E-state index >= 15 is 0 Å². The Morgan fingerprint density at radius 1 is 1.00 bits per heavy atom. The Morgan fingerprint density at radius 2 is 1.82 bits per heavy atom. The third kappa shape index (κ3) is 3.81. The van der Waals surface area contributed by atoms with Crippen LogP contribution in [0.2, 0.25) is 0 Å². The summed E-state index contributed by atoms with van der Waals surface area (Å²) in [7, 11) is 1.55. The minimum absolute atomic E-state index is 0.218. The summed E-state index contributed by atoms with van der Waals surface area (Å²) in [5, 5.41) is 11.7. The first-order chi connectivity index (χ1) is 13.7. The van der Waals surface area contributed by atoms with Crippen LogP contribution in [-0.2, 0) is 0 Å². The van der Waals surface area contributed by atoms with Gasteiger partial charge in [-0.15, -0.1) is 10.2 Å². The fourth-order valence-corrected chi connectivity index (χ4v) is 3.38. The second-order valence-corrected chi connectivity index (χ2v) is 6.71. The molecule has 2 aromatic carbocycles. The third-order valence-corrected chi connectivity index (χ3v) is 4.85. The van der Waals surface area contributed by atoms with Gasteiger partial charge in [-0.25, -0.2) is 0 Å². The van der Waals surface area contributed by atoms with Crippen LogP contribution in [0.15, 0.2) is 60.7 Å².